The predicted octanol–water partition coefficient (Wildman–Crippen LogP) is 4.18. The Hall–Kier alpha value is -1.09. The van der Waals surface area contributed by atoms with Gasteiger partial charge in [-0.25, -0.2) is 0 Å². The van der Waals surface area contributed by atoms with Gasteiger partial charge in [0, 0.05) is 29.4 Å². The number of hydrogen-bond donors (Lipinski definition) is 0. The summed E-state index contributed by atoms with van der Waals surface area (Å²) in [7, 11) is 0. The third kappa shape index (κ3) is 3.22. The third-order valence-corrected chi connectivity index (χ3v) is 3.67. The number of aromatic nitrogens is 1. The summed E-state index contributed by atoms with van der Waals surface area (Å²) in [4.78, 5) is 0. The number of rotatable bonds is 6. The zero-order valence-corrected chi connectivity index (χ0v) is 12.2. The van der Waals surface area contributed by atoms with E-state index >= 15 is 0 Å². The van der Waals surface area contributed by atoms with Crippen LogP contribution in [0.3, 0.4) is 0 Å². The molecule has 0 spiro atoms. The molecule has 0 aliphatic heterocycles. The maximum absolute atomic E-state index is 5.72. The van der Waals surface area contributed by atoms with Gasteiger partial charge in [0.1, 0.15) is 5.75 Å². The Labute approximate surface area is 113 Å². The Morgan fingerprint density at radius 2 is 2.11 bits per heavy atom. The molecule has 2 nitrogen and oxygen atoms in total. The molecule has 0 atom stereocenters. The molecule has 0 saturated heterocycles. The maximum Gasteiger partial charge on any atom is 0.120 e. The Morgan fingerprint density at radius 1 is 1.28 bits per heavy atom. The SMILES string of the molecule is CCSCCn1ccc2cc(OC(C)C)ccc21. The number of nitrogens with zero attached hydrogens (tertiary/aromatic N) is 1. The van der Waals surface area contributed by atoms with Crippen molar-refractivity contribution in [2.45, 2.75) is 33.4 Å². The summed E-state index contributed by atoms with van der Waals surface area (Å²) >= 11 is 1.98. The van der Waals surface area contributed by atoms with Crippen LogP contribution in [-0.4, -0.2) is 22.2 Å². The second-order valence-corrected chi connectivity index (χ2v) is 5.99. The Balaban J connectivity index is 2.15. The lowest BCUT2D eigenvalue weighted by Crippen LogP contribution is -2.05. The van der Waals surface area contributed by atoms with E-state index in [1.54, 1.807) is 0 Å². The van der Waals surface area contributed by atoms with Crippen LogP contribution in [-0.2, 0) is 6.54 Å². The molecule has 1 aromatic heterocycles. The zero-order chi connectivity index (χ0) is 13.0. The number of benzene rings is 1. The second-order valence-electron chi connectivity index (χ2n) is 4.59. The first-order chi connectivity index (χ1) is 8.70. The predicted molar refractivity (Wildman–Crippen MR) is 80.7 cm³/mol. The molecule has 0 bridgehead atoms. The molecule has 98 valence electrons. The van der Waals surface area contributed by atoms with Crippen molar-refractivity contribution in [1.29, 1.82) is 0 Å². The Bertz CT molecular complexity index is 504. The Kier molecular flexibility index (Phi) is 4.59. The largest absolute Gasteiger partial charge is 0.491 e. The first-order valence-electron chi connectivity index (χ1n) is 6.54. The average Bonchev–Trinajstić information content (AvgIpc) is 2.71. The molecule has 18 heavy (non-hydrogen) atoms. The minimum Gasteiger partial charge on any atom is -0.491 e. The van der Waals surface area contributed by atoms with Gasteiger partial charge in [0.15, 0.2) is 0 Å². The summed E-state index contributed by atoms with van der Waals surface area (Å²) in [6.07, 6.45) is 2.39. The summed E-state index contributed by atoms with van der Waals surface area (Å²) < 4.78 is 8.03. The van der Waals surface area contributed by atoms with E-state index in [-0.39, 0.29) is 6.10 Å². The summed E-state index contributed by atoms with van der Waals surface area (Å²) in [5, 5.41) is 1.26. The second kappa shape index (κ2) is 6.19. The van der Waals surface area contributed by atoms with Crippen LogP contribution in [0, 0.1) is 0 Å². The van der Waals surface area contributed by atoms with Crippen molar-refractivity contribution in [3.8, 4) is 5.75 Å². The van der Waals surface area contributed by atoms with Crippen molar-refractivity contribution in [3.63, 3.8) is 0 Å². The molecular formula is C15H21NOS. The fraction of sp³-hybridized carbons (Fsp3) is 0.467. The highest BCUT2D eigenvalue weighted by atomic mass is 32.2. The number of thioether (sulfide) groups is 1. The van der Waals surface area contributed by atoms with E-state index in [1.807, 2.05) is 11.8 Å². The third-order valence-electron chi connectivity index (χ3n) is 2.79. The lowest BCUT2D eigenvalue weighted by molar-refractivity contribution is 0.243. The highest BCUT2D eigenvalue weighted by Crippen LogP contribution is 2.23. The normalized spacial score (nSPS) is 11.3. The van der Waals surface area contributed by atoms with Gasteiger partial charge >= 0.3 is 0 Å². The van der Waals surface area contributed by atoms with Gasteiger partial charge in [0.25, 0.3) is 0 Å². The smallest absolute Gasteiger partial charge is 0.120 e. The van der Waals surface area contributed by atoms with Gasteiger partial charge in [-0.3, -0.25) is 0 Å². The molecule has 0 aliphatic carbocycles. The van der Waals surface area contributed by atoms with E-state index in [4.69, 9.17) is 4.74 Å². The van der Waals surface area contributed by atoms with E-state index in [9.17, 15) is 0 Å². The first-order valence-corrected chi connectivity index (χ1v) is 7.69. The van der Waals surface area contributed by atoms with Crippen molar-refractivity contribution in [1.82, 2.24) is 4.57 Å². The van der Waals surface area contributed by atoms with Gasteiger partial charge in [0.2, 0.25) is 0 Å². The molecule has 1 aromatic carbocycles. The van der Waals surface area contributed by atoms with Crippen LogP contribution in [0.15, 0.2) is 30.5 Å². The number of fused-ring (bicyclic) bond motifs is 1. The van der Waals surface area contributed by atoms with Crippen LogP contribution in [0.25, 0.3) is 10.9 Å². The minimum absolute atomic E-state index is 0.227. The molecule has 0 N–H and O–H groups in total. The zero-order valence-electron chi connectivity index (χ0n) is 11.3. The lowest BCUT2D eigenvalue weighted by atomic mass is 10.2. The van der Waals surface area contributed by atoms with Gasteiger partial charge in [-0.1, -0.05) is 6.92 Å². The lowest BCUT2D eigenvalue weighted by Gasteiger charge is -2.10. The molecule has 0 radical (unpaired) electrons. The van der Waals surface area contributed by atoms with Gasteiger partial charge < -0.3 is 9.30 Å². The minimum atomic E-state index is 0.227. The molecule has 2 rings (SSSR count). The fourth-order valence-electron chi connectivity index (χ4n) is 2.03. The number of aryl methyl sites for hydroxylation is 1. The molecule has 0 unspecified atom stereocenters. The molecule has 0 aliphatic rings. The van der Waals surface area contributed by atoms with Crippen molar-refractivity contribution in [2.75, 3.05) is 11.5 Å². The number of hydrogen-bond acceptors (Lipinski definition) is 2. The van der Waals surface area contributed by atoms with E-state index < -0.39 is 0 Å². The highest BCUT2D eigenvalue weighted by Gasteiger charge is 2.03. The average molecular weight is 263 g/mol. The van der Waals surface area contributed by atoms with Gasteiger partial charge in [-0.05, 0) is 43.9 Å². The summed E-state index contributed by atoms with van der Waals surface area (Å²) in [5.74, 6) is 3.31. The van der Waals surface area contributed by atoms with Crippen molar-refractivity contribution < 1.29 is 4.74 Å². The Morgan fingerprint density at radius 3 is 2.83 bits per heavy atom. The first kappa shape index (κ1) is 13.3. The van der Waals surface area contributed by atoms with E-state index in [1.165, 1.54) is 22.4 Å². The highest BCUT2D eigenvalue weighted by molar-refractivity contribution is 7.99. The van der Waals surface area contributed by atoms with Gasteiger partial charge in [0.05, 0.1) is 6.10 Å². The quantitative estimate of drug-likeness (QED) is 0.726. The summed E-state index contributed by atoms with van der Waals surface area (Å²) in [5.41, 5.74) is 1.29. The molecule has 0 saturated carbocycles. The van der Waals surface area contributed by atoms with Crippen molar-refractivity contribution in [2.24, 2.45) is 0 Å². The van der Waals surface area contributed by atoms with Crippen LogP contribution in [0.1, 0.15) is 20.8 Å². The standard InChI is InChI=1S/C15H21NOS/c1-4-18-10-9-16-8-7-13-11-14(17-12(2)3)5-6-15(13)16/h5-8,11-12H,4,9-10H2,1-3H3. The van der Waals surface area contributed by atoms with E-state index in [2.05, 4.69) is 55.8 Å². The van der Waals surface area contributed by atoms with Gasteiger partial charge in [-0.15, -0.1) is 0 Å². The molecule has 0 amide bonds. The molecular weight excluding hydrogens is 242 g/mol. The molecule has 1 heterocycles. The van der Waals surface area contributed by atoms with Crippen LogP contribution < -0.4 is 4.74 Å². The summed E-state index contributed by atoms with van der Waals surface area (Å²) in [6, 6.07) is 8.51. The topological polar surface area (TPSA) is 14.2 Å². The van der Waals surface area contributed by atoms with Crippen LogP contribution >= 0.6 is 11.8 Å². The monoisotopic (exact) mass is 263 g/mol. The van der Waals surface area contributed by atoms with E-state index in [0.29, 0.717) is 0 Å². The number of ether oxygens (including phenoxy) is 1. The molecule has 3 heteroatoms. The fourth-order valence-corrected chi connectivity index (χ4v) is 2.64. The van der Waals surface area contributed by atoms with Crippen molar-refractivity contribution in [3.05, 3.63) is 30.5 Å². The van der Waals surface area contributed by atoms with Gasteiger partial charge in [-0.2, -0.15) is 11.8 Å². The van der Waals surface area contributed by atoms with Crippen LogP contribution in [0.5, 0.6) is 5.75 Å². The van der Waals surface area contributed by atoms with Crippen LogP contribution in [0.2, 0.25) is 0 Å². The maximum atomic E-state index is 5.72. The van der Waals surface area contributed by atoms with Crippen molar-refractivity contribution >= 4 is 22.7 Å². The van der Waals surface area contributed by atoms with E-state index in [0.717, 1.165) is 12.3 Å². The molecule has 2 aromatic rings. The van der Waals surface area contributed by atoms with Crippen LogP contribution in [0.4, 0.5) is 0 Å². The summed E-state index contributed by atoms with van der Waals surface area (Å²) in [6.45, 7) is 7.38. The molecule has 0 fully saturated rings.